The van der Waals surface area contributed by atoms with Crippen LogP contribution in [0.25, 0.3) is 16.9 Å². The number of carbonyl (C=O) groups excluding carboxylic acids is 1. The van der Waals surface area contributed by atoms with Gasteiger partial charge in [-0.1, -0.05) is 59.8 Å². The Morgan fingerprint density at radius 2 is 1.62 bits per heavy atom. The van der Waals surface area contributed by atoms with Gasteiger partial charge in [-0.3, -0.25) is 4.79 Å². The van der Waals surface area contributed by atoms with E-state index in [1.54, 1.807) is 35.0 Å². The van der Waals surface area contributed by atoms with E-state index in [9.17, 15) is 13.2 Å². The smallest absolute Gasteiger partial charge is 0.208 e. The maximum absolute atomic E-state index is 13.4. The summed E-state index contributed by atoms with van der Waals surface area (Å²) in [6, 6.07) is 12.6. The molecule has 1 saturated carbocycles. The van der Waals surface area contributed by atoms with E-state index < -0.39 is 10.0 Å². The van der Waals surface area contributed by atoms with Gasteiger partial charge in [0.05, 0.1) is 22.7 Å². The van der Waals surface area contributed by atoms with Gasteiger partial charge in [-0.15, -0.1) is 0 Å². The lowest BCUT2D eigenvalue weighted by Crippen LogP contribution is -2.30. The number of hydrogen-bond acceptors (Lipinski definition) is 4. The number of nitrogens with one attached hydrogen (secondary N) is 1. The second kappa shape index (κ2) is 11.9. The fraction of sp³-hybridized carbons (Fsp3) is 0.407. The topological polar surface area (TPSA) is 81.1 Å². The number of nitrogens with zero attached hydrogens (tertiary/aromatic N) is 2. The molecule has 1 aromatic heterocycles. The van der Waals surface area contributed by atoms with Gasteiger partial charge in [0.25, 0.3) is 0 Å². The predicted octanol–water partition coefficient (Wildman–Crippen LogP) is 7.13. The van der Waals surface area contributed by atoms with Crippen LogP contribution >= 0.6 is 34.8 Å². The first kappa shape index (κ1) is 28.1. The molecule has 0 unspecified atom stereocenters. The van der Waals surface area contributed by atoms with Crippen molar-refractivity contribution < 1.29 is 13.2 Å². The molecule has 0 radical (unpaired) electrons. The van der Waals surface area contributed by atoms with Crippen LogP contribution in [-0.2, 0) is 10.0 Å². The highest BCUT2D eigenvalue weighted by molar-refractivity contribution is 7.88. The highest BCUT2D eigenvalue weighted by atomic mass is 35.5. The zero-order chi connectivity index (χ0) is 26.7. The molecule has 2 aromatic carbocycles. The molecule has 0 atom stereocenters. The maximum atomic E-state index is 13.4. The molecule has 0 amide bonds. The average molecular weight is 583 g/mol. The van der Waals surface area contributed by atoms with Crippen molar-refractivity contribution >= 4 is 50.6 Å². The van der Waals surface area contributed by atoms with Gasteiger partial charge in [-0.05, 0) is 68.4 Å². The maximum Gasteiger partial charge on any atom is 0.208 e. The molecule has 4 rings (SSSR count). The van der Waals surface area contributed by atoms with Gasteiger partial charge in [0.1, 0.15) is 5.69 Å². The number of sulfonamides is 1. The normalized spacial score (nSPS) is 18.2. The van der Waals surface area contributed by atoms with Gasteiger partial charge in [0, 0.05) is 34.1 Å². The largest absolute Gasteiger partial charge is 0.292 e. The molecule has 0 spiro atoms. The minimum absolute atomic E-state index is 0.00239. The summed E-state index contributed by atoms with van der Waals surface area (Å²) in [5.41, 5.74) is 3.51. The Bertz CT molecular complexity index is 1380. The Morgan fingerprint density at radius 3 is 2.24 bits per heavy atom. The second-order valence-corrected chi connectivity index (χ2v) is 12.9. The summed E-state index contributed by atoms with van der Waals surface area (Å²) in [5.74, 6) is 0.797. The third kappa shape index (κ3) is 7.15. The van der Waals surface area contributed by atoms with Crippen molar-refractivity contribution in [3.05, 3.63) is 68.8 Å². The monoisotopic (exact) mass is 581 g/mol. The van der Waals surface area contributed by atoms with Crippen LogP contribution in [0.15, 0.2) is 42.5 Å². The molecule has 1 heterocycles. The van der Waals surface area contributed by atoms with Crippen molar-refractivity contribution in [1.29, 1.82) is 0 Å². The standard InChI is InChI=1S/C27H30Cl3N3O3S/c1-17-26(25(34)14-7-18-3-5-19(6-4-18)16-31-37(2,35)36)32-33(24-13-12-22(29)15-23(24)30)27(17)20-8-10-21(28)11-9-20/h8-13,15,18-19,31H,3-7,14,16H2,1-2H3. The number of ketones is 1. The van der Waals surface area contributed by atoms with Crippen molar-refractivity contribution in [1.82, 2.24) is 14.5 Å². The molecule has 1 aliphatic carbocycles. The van der Waals surface area contributed by atoms with E-state index in [0.717, 1.165) is 48.9 Å². The van der Waals surface area contributed by atoms with Crippen molar-refractivity contribution in [2.75, 3.05) is 12.8 Å². The van der Waals surface area contributed by atoms with E-state index in [1.807, 2.05) is 19.1 Å². The molecule has 10 heteroatoms. The molecule has 0 aliphatic heterocycles. The number of aromatic nitrogens is 2. The summed E-state index contributed by atoms with van der Waals surface area (Å²) in [6.07, 6.45) is 6.29. The van der Waals surface area contributed by atoms with E-state index >= 15 is 0 Å². The Hall–Kier alpha value is -1.90. The predicted molar refractivity (Wildman–Crippen MR) is 151 cm³/mol. The van der Waals surface area contributed by atoms with Crippen molar-refractivity contribution in [3.8, 4) is 16.9 Å². The Morgan fingerprint density at radius 1 is 1.00 bits per heavy atom. The van der Waals surface area contributed by atoms with Crippen LogP contribution in [0.4, 0.5) is 0 Å². The van der Waals surface area contributed by atoms with Crippen LogP contribution in [0.5, 0.6) is 0 Å². The molecule has 1 fully saturated rings. The first-order valence-corrected chi connectivity index (χ1v) is 15.3. The first-order chi connectivity index (χ1) is 17.5. The zero-order valence-corrected chi connectivity index (χ0v) is 23.9. The number of Topliss-reactive ketones (excluding diaryl/α,β-unsaturated/α-hetero) is 1. The summed E-state index contributed by atoms with van der Waals surface area (Å²) < 4.78 is 27.0. The molecule has 6 nitrogen and oxygen atoms in total. The van der Waals surface area contributed by atoms with Crippen LogP contribution in [-0.4, -0.2) is 36.8 Å². The Labute approximate surface area is 233 Å². The van der Waals surface area contributed by atoms with E-state index in [2.05, 4.69) is 4.72 Å². The van der Waals surface area contributed by atoms with Crippen LogP contribution in [0.3, 0.4) is 0 Å². The van der Waals surface area contributed by atoms with E-state index in [1.165, 1.54) is 6.26 Å². The molecule has 198 valence electrons. The lowest BCUT2D eigenvalue weighted by molar-refractivity contribution is 0.0962. The number of hydrogen-bond donors (Lipinski definition) is 1. The fourth-order valence-electron chi connectivity index (χ4n) is 4.98. The quantitative estimate of drug-likeness (QED) is 0.272. The highest BCUT2D eigenvalue weighted by Gasteiger charge is 2.26. The molecule has 3 aromatic rings. The molecule has 1 N–H and O–H groups in total. The Kier molecular flexibility index (Phi) is 9.02. The molecular weight excluding hydrogens is 553 g/mol. The van der Waals surface area contributed by atoms with Crippen LogP contribution in [0.1, 0.15) is 54.6 Å². The number of halogens is 3. The van der Waals surface area contributed by atoms with E-state index in [4.69, 9.17) is 39.9 Å². The number of carbonyl (C=O) groups is 1. The summed E-state index contributed by atoms with van der Waals surface area (Å²) >= 11 is 18.7. The molecular formula is C27H30Cl3N3O3S. The fourth-order valence-corrected chi connectivity index (χ4v) is 6.13. The summed E-state index contributed by atoms with van der Waals surface area (Å²) in [4.78, 5) is 13.4. The van der Waals surface area contributed by atoms with Gasteiger partial charge in [-0.25, -0.2) is 17.8 Å². The zero-order valence-electron chi connectivity index (χ0n) is 20.8. The minimum Gasteiger partial charge on any atom is -0.292 e. The Balaban J connectivity index is 1.51. The van der Waals surface area contributed by atoms with Crippen LogP contribution < -0.4 is 4.72 Å². The lowest BCUT2D eigenvalue weighted by atomic mass is 9.79. The third-order valence-electron chi connectivity index (χ3n) is 7.02. The highest BCUT2D eigenvalue weighted by Crippen LogP contribution is 2.35. The average Bonchev–Trinajstić information content (AvgIpc) is 3.18. The summed E-state index contributed by atoms with van der Waals surface area (Å²) in [7, 11) is -3.17. The second-order valence-electron chi connectivity index (χ2n) is 9.81. The van der Waals surface area contributed by atoms with Gasteiger partial charge >= 0.3 is 0 Å². The van der Waals surface area contributed by atoms with Gasteiger partial charge in [0.2, 0.25) is 10.0 Å². The van der Waals surface area contributed by atoms with Crippen LogP contribution in [0, 0.1) is 18.8 Å². The molecule has 1 aliphatic rings. The third-order valence-corrected chi connectivity index (χ3v) is 8.50. The number of rotatable bonds is 9. The first-order valence-electron chi connectivity index (χ1n) is 12.3. The molecule has 37 heavy (non-hydrogen) atoms. The van der Waals surface area contributed by atoms with E-state index in [0.29, 0.717) is 51.3 Å². The van der Waals surface area contributed by atoms with Gasteiger partial charge in [0.15, 0.2) is 5.78 Å². The minimum atomic E-state index is -3.17. The van der Waals surface area contributed by atoms with Crippen LogP contribution in [0.2, 0.25) is 15.1 Å². The lowest BCUT2D eigenvalue weighted by Gasteiger charge is -2.28. The van der Waals surface area contributed by atoms with Crippen molar-refractivity contribution in [3.63, 3.8) is 0 Å². The van der Waals surface area contributed by atoms with Gasteiger partial charge in [-0.2, -0.15) is 5.10 Å². The van der Waals surface area contributed by atoms with Crippen molar-refractivity contribution in [2.45, 2.75) is 45.4 Å². The number of benzene rings is 2. The molecule has 0 saturated heterocycles. The summed E-state index contributed by atoms with van der Waals surface area (Å²) in [6.45, 7) is 2.40. The van der Waals surface area contributed by atoms with Gasteiger partial charge < -0.3 is 0 Å². The van der Waals surface area contributed by atoms with E-state index in [-0.39, 0.29) is 5.78 Å². The molecule has 0 bridgehead atoms. The van der Waals surface area contributed by atoms with Crippen molar-refractivity contribution in [2.24, 2.45) is 11.8 Å². The SMILES string of the molecule is Cc1c(C(=O)CCC2CCC(CNS(C)(=O)=O)CC2)nn(-c2ccc(Cl)cc2Cl)c1-c1ccc(Cl)cc1. The summed E-state index contributed by atoms with van der Waals surface area (Å²) in [5, 5.41) is 6.31.